The molecule has 0 unspecified atom stereocenters. The van der Waals surface area contributed by atoms with Crippen LogP contribution in [-0.2, 0) is 6.42 Å². The SMILES string of the molecule is COc1ccccc1CC(O)(CC(C)C)CC(C)C. The number of para-hydroxylation sites is 1. The van der Waals surface area contributed by atoms with E-state index in [0.717, 1.165) is 24.2 Å². The molecule has 0 heterocycles. The molecule has 108 valence electrons. The van der Waals surface area contributed by atoms with Crippen LogP contribution in [0.3, 0.4) is 0 Å². The first-order chi connectivity index (χ1) is 8.86. The van der Waals surface area contributed by atoms with E-state index in [0.29, 0.717) is 18.3 Å². The molecule has 0 radical (unpaired) electrons. The van der Waals surface area contributed by atoms with E-state index in [1.807, 2.05) is 24.3 Å². The third kappa shape index (κ3) is 5.23. The van der Waals surface area contributed by atoms with Crippen molar-refractivity contribution in [3.8, 4) is 5.75 Å². The van der Waals surface area contributed by atoms with Crippen LogP contribution in [0.2, 0.25) is 0 Å². The summed E-state index contributed by atoms with van der Waals surface area (Å²) in [6.45, 7) is 8.64. The summed E-state index contributed by atoms with van der Waals surface area (Å²) in [6, 6.07) is 7.97. The average Bonchev–Trinajstić information content (AvgIpc) is 2.26. The van der Waals surface area contributed by atoms with Crippen LogP contribution in [0.25, 0.3) is 0 Å². The average molecular weight is 264 g/mol. The van der Waals surface area contributed by atoms with Crippen LogP contribution >= 0.6 is 0 Å². The van der Waals surface area contributed by atoms with E-state index in [9.17, 15) is 5.11 Å². The number of benzene rings is 1. The van der Waals surface area contributed by atoms with Gasteiger partial charge >= 0.3 is 0 Å². The summed E-state index contributed by atoms with van der Waals surface area (Å²) in [5, 5.41) is 11.0. The Bertz CT molecular complexity index is 373. The number of aliphatic hydroxyl groups is 1. The standard InChI is InChI=1S/C17H28O2/c1-13(2)10-17(18,11-14(3)4)12-15-8-6-7-9-16(15)19-5/h6-9,13-14,18H,10-12H2,1-5H3. The quantitative estimate of drug-likeness (QED) is 0.804. The molecule has 1 rings (SSSR count). The van der Waals surface area contributed by atoms with Gasteiger partial charge in [-0.05, 0) is 36.3 Å². The summed E-state index contributed by atoms with van der Waals surface area (Å²) in [7, 11) is 1.68. The number of ether oxygens (including phenoxy) is 1. The molecule has 2 heteroatoms. The fourth-order valence-corrected chi connectivity index (χ4v) is 2.95. The monoisotopic (exact) mass is 264 g/mol. The number of rotatable bonds is 7. The van der Waals surface area contributed by atoms with Gasteiger partial charge in [-0.25, -0.2) is 0 Å². The molecule has 0 aliphatic rings. The maximum absolute atomic E-state index is 11.0. The molecule has 0 aliphatic heterocycles. The van der Waals surface area contributed by atoms with Crippen molar-refractivity contribution in [2.24, 2.45) is 11.8 Å². The third-order valence-corrected chi connectivity index (χ3v) is 3.29. The Balaban J connectivity index is 2.93. The smallest absolute Gasteiger partial charge is 0.122 e. The molecule has 0 saturated carbocycles. The molecule has 0 spiro atoms. The fourth-order valence-electron chi connectivity index (χ4n) is 2.95. The Labute approximate surface area is 117 Å². The fraction of sp³-hybridized carbons (Fsp3) is 0.647. The van der Waals surface area contributed by atoms with E-state index in [1.165, 1.54) is 0 Å². The zero-order valence-corrected chi connectivity index (χ0v) is 12.9. The second-order valence-corrected chi connectivity index (χ2v) is 6.41. The lowest BCUT2D eigenvalue weighted by molar-refractivity contribution is 0.000309. The van der Waals surface area contributed by atoms with Gasteiger partial charge in [-0.2, -0.15) is 0 Å². The van der Waals surface area contributed by atoms with Gasteiger partial charge in [-0.15, -0.1) is 0 Å². The van der Waals surface area contributed by atoms with Gasteiger partial charge in [0.2, 0.25) is 0 Å². The van der Waals surface area contributed by atoms with Gasteiger partial charge in [-0.1, -0.05) is 45.9 Å². The Kier molecular flexibility index (Phi) is 5.86. The normalized spacial score (nSPS) is 12.2. The Morgan fingerprint density at radius 3 is 2.05 bits per heavy atom. The maximum atomic E-state index is 11.0. The van der Waals surface area contributed by atoms with Gasteiger partial charge in [0.05, 0.1) is 12.7 Å². The van der Waals surface area contributed by atoms with Gasteiger partial charge in [-0.3, -0.25) is 0 Å². The zero-order valence-electron chi connectivity index (χ0n) is 12.9. The molecule has 0 fully saturated rings. The first-order valence-corrected chi connectivity index (χ1v) is 7.20. The van der Waals surface area contributed by atoms with Crippen LogP contribution in [0.4, 0.5) is 0 Å². The van der Waals surface area contributed by atoms with Crippen molar-refractivity contribution in [2.75, 3.05) is 7.11 Å². The molecule has 1 aromatic carbocycles. The lowest BCUT2D eigenvalue weighted by atomic mass is 9.80. The van der Waals surface area contributed by atoms with E-state index >= 15 is 0 Å². The van der Waals surface area contributed by atoms with Gasteiger partial charge in [0, 0.05) is 6.42 Å². The molecule has 0 amide bonds. The minimum atomic E-state index is -0.642. The van der Waals surface area contributed by atoms with Gasteiger partial charge in [0.1, 0.15) is 5.75 Å². The number of hydrogen-bond donors (Lipinski definition) is 1. The van der Waals surface area contributed by atoms with Gasteiger partial charge in [0.15, 0.2) is 0 Å². The van der Waals surface area contributed by atoms with Crippen LogP contribution in [0.1, 0.15) is 46.1 Å². The maximum Gasteiger partial charge on any atom is 0.122 e. The van der Waals surface area contributed by atoms with Gasteiger partial charge < -0.3 is 9.84 Å². The first-order valence-electron chi connectivity index (χ1n) is 7.20. The molecule has 0 atom stereocenters. The third-order valence-electron chi connectivity index (χ3n) is 3.29. The summed E-state index contributed by atoms with van der Waals surface area (Å²) in [5.74, 6) is 1.84. The highest BCUT2D eigenvalue weighted by atomic mass is 16.5. The molecule has 0 bridgehead atoms. The van der Waals surface area contributed by atoms with Crippen molar-refractivity contribution < 1.29 is 9.84 Å². The van der Waals surface area contributed by atoms with E-state index in [1.54, 1.807) is 7.11 Å². The predicted octanol–water partition coefficient (Wildman–Crippen LogP) is 4.06. The molecule has 0 aromatic heterocycles. The zero-order chi connectivity index (χ0) is 14.5. The van der Waals surface area contributed by atoms with E-state index in [2.05, 4.69) is 27.7 Å². The van der Waals surface area contributed by atoms with Crippen LogP contribution < -0.4 is 4.74 Å². The largest absolute Gasteiger partial charge is 0.496 e. The molecular weight excluding hydrogens is 236 g/mol. The van der Waals surface area contributed by atoms with Crippen molar-refractivity contribution in [3.63, 3.8) is 0 Å². The first kappa shape index (κ1) is 16.0. The molecule has 19 heavy (non-hydrogen) atoms. The summed E-state index contributed by atoms with van der Waals surface area (Å²) >= 11 is 0. The lowest BCUT2D eigenvalue weighted by Gasteiger charge is -2.32. The molecule has 0 aliphatic carbocycles. The van der Waals surface area contributed by atoms with Crippen LogP contribution in [0.15, 0.2) is 24.3 Å². The Hall–Kier alpha value is -1.02. The van der Waals surface area contributed by atoms with E-state index in [-0.39, 0.29) is 0 Å². The van der Waals surface area contributed by atoms with E-state index < -0.39 is 5.60 Å². The van der Waals surface area contributed by atoms with Crippen molar-refractivity contribution >= 4 is 0 Å². The molecule has 0 saturated heterocycles. The highest BCUT2D eigenvalue weighted by molar-refractivity contribution is 5.34. The number of methoxy groups -OCH3 is 1. The van der Waals surface area contributed by atoms with E-state index in [4.69, 9.17) is 4.74 Å². The summed E-state index contributed by atoms with van der Waals surface area (Å²) in [5.41, 5.74) is 0.450. The van der Waals surface area contributed by atoms with Crippen molar-refractivity contribution in [1.29, 1.82) is 0 Å². The molecule has 1 N–H and O–H groups in total. The minimum Gasteiger partial charge on any atom is -0.496 e. The van der Waals surface area contributed by atoms with Crippen molar-refractivity contribution in [3.05, 3.63) is 29.8 Å². The highest BCUT2D eigenvalue weighted by Gasteiger charge is 2.30. The Morgan fingerprint density at radius 2 is 1.58 bits per heavy atom. The molecule has 1 aromatic rings. The van der Waals surface area contributed by atoms with Crippen LogP contribution in [-0.4, -0.2) is 17.8 Å². The number of hydrogen-bond acceptors (Lipinski definition) is 2. The van der Waals surface area contributed by atoms with Crippen LogP contribution in [0.5, 0.6) is 5.75 Å². The second kappa shape index (κ2) is 6.95. The highest BCUT2D eigenvalue weighted by Crippen LogP contribution is 2.31. The molecular formula is C17H28O2. The van der Waals surface area contributed by atoms with Crippen LogP contribution in [0, 0.1) is 11.8 Å². The second-order valence-electron chi connectivity index (χ2n) is 6.41. The Morgan fingerprint density at radius 1 is 1.05 bits per heavy atom. The predicted molar refractivity (Wildman–Crippen MR) is 80.6 cm³/mol. The lowest BCUT2D eigenvalue weighted by Crippen LogP contribution is -2.35. The summed E-state index contributed by atoms with van der Waals surface area (Å²) < 4.78 is 5.39. The molecule has 2 nitrogen and oxygen atoms in total. The summed E-state index contributed by atoms with van der Waals surface area (Å²) in [4.78, 5) is 0. The van der Waals surface area contributed by atoms with Crippen molar-refractivity contribution in [2.45, 2.75) is 52.6 Å². The minimum absolute atomic E-state index is 0.485. The topological polar surface area (TPSA) is 29.5 Å². The van der Waals surface area contributed by atoms with Gasteiger partial charge in [0.25, 0.3) is 0 Å². The van der Waals surface area contributed by atoms with Crippen molar-refractivity contribution in [1.82, 2.24) is 0 Å². The summed E-state index contributed by atoms with van der Waals surface area (Å²) in [6.07, 6.45) is 2.31.